The van der Waals surface area contributed by atoms with Crippen LogP contribution in [0.2, 0.25) is 0 Å². The average Bonchev–Trinajstić information content (AvgIpc) is 3.40. The number of hydrogen-bond acceptors (Lipinski definition) is 0. The largest absolute Gasteiger partial charge is 0.416 e. The second-order valence-electron chi connectivity index (χ2n) is 12.2. The molecule has 0 spiro atoms. The lowest BCUT2D eigenvalue weighted by molar-refractivity contribution is -0.144. The van der Waals surface area contributed by atoms with Crippen LogP contribution in [0.15, 0.2) is 84.9 Å². The maximum absolute atomic E-state index is 16.0. The number of halogens is 16. The zero-order valence-electron chi connectivity index (χ0n) is 25.1. The van der Waals surface area contributed by atoms with E-state index in [1.165, 1.54) is 0 Å². The maximum Gasteiger partial charge on any atom is 0.416 e. The van der Waals surface area contributed by atoms with Gasteiger partial charge in [-0.05, 0) is 105 Å². The van der Waals surface area contributed by atoms with Crippen LogP contribution in [0.1, 0.15) is 44.5 Å². The van der Waals surface area contributed by atoms with Crippen LogP contribution < -0.4 is 0 Å². The molecule has 0 fully saturated rings. The Morgan fingerprint density at radius 3 is 0.827 bits per heavy atom. The summed E-state index contributed by atoms with van der Waals surface area (Å²) in [5.74, 6) is -8.01. The average molecular weight is 750 g/mol. The molecule has 52 heavy (non-hydrogen) atoms. The first-order valence-corrected chi connectivity index (χ1v) is 14.6. The molecule has 16 heteroatoms. The third kappa shape index (κ3) is 5.57. The Morgan fingerprint density at radius 1 is 0.288 bits per heavy atom. The van der Waals surface area contributed by atoms with Crippen LogP contribution in [0.25, 0.3) is 44.5 Å². The van der Waals surface area contributed by atoms with Gasteiger partial charge in [0.05, 0.1) is 22.3 Å². The number of hydrogen-bond donors (Lipinski definition) is 0. The van der Waals surface area contributed by atoms with E-state index in [9.17, 15) is 52.7 Å². The van der Waals surface area contributed by atoms with Gasteiger partial charge >= 0.3 is 24.7 Å². The summed E-state index contributed by atoms with van der Waals surface area (Å²) in [4.78, 5) is 0. The first kappa shape index (κ1) is 35.4. The van der Waals surface area contributed by atoms with Crippen molar-refractivity contribution in [3.8, 4) is 44.5 Å². The van der Waals surface area contributed by atoms with E-state index in [0.29, 0.717) is 36.4 Å². The summed E-state index contributed by atoms with van der Waals surface area (Å²) in [5.41, 5.74) is -14.1. The predicted octanol–water partition coefficient (Wildman–Crippen LogP) is 13.3. The molecule has 0 radical (unpaired) electrons. The number of benzene rings is 5. The lowest BCUT2D eigenvalue weighted by Gasteiger charge is -2.16. The highest BCUT2D eigenvalue weighted by atomic mass is 19.4. The van der Waals surface area contributed by atoms with Crippen molar-refractivity contribution in [2.24, 2.45) is 0 Å². The van der Waals surface area contributed by atoms with Crippen molar-refractivity contribution < 1.29 is 70.2 Å². The highest BCUT2D eigenvalue weighted by molar-refractivity contribution is 5.90. The molecular formula is C36H14F16. The lowest BCUT2D eigenvalue weighted by atomic mass is 9.95. The van der Waals surface area contributed by atoms with Gasteiger partial charge in [-0.2, -0.15) is 70.2 Å². The van der Waals surface area contributed by atoms with Crippen molar-refractivity contribution in [1.82, 2.24) is 0 Å². The SMILES string of the molecule is FC(F)(F)c1cc(-c2ccc3c(c2)C(F)(F)c2cc4c(cc2-3)C(F)(F)c2cc(-c3cc(C(F)(F)F)cc(C(F)(F)F)c3)ccc2-4)cc(C(F)(F)F)c1. The van der Waals surface area contributed by atoms with Gasteiger partial charge in [0.25, 0.3) is 11.8 Å². The molecule has 0 saturated carbocycles. The van der Waals surface area contributed by atoms with Crippen LogP contribution in [0.3, 0.4) is 0 Å². The molecule has 0 unspecified atom stereocenters. The van der Waals surface area contributed by atoms with E-state index in [2.05, 4.69) is 0 Å². The van der Waals surface area contributed by atoms with Gasteiger partial charge in [-0.3, -0.25) is 0 Å². The Balaban J connectivity index is 1.33. The van der Waals surface area contributed by atoms with Crippen molar-refractivity contribution in [2.45, 2.75) is 36.6 Å². The Kier molecular flexibility index (Phi) is 7.32. The lowest BCUT2D eigenvalue weighted by Crippen LogP contribution is -2.13. The Labute approximate surface area is 280 Å². The van der Waals surface area contributed by atoms with E-state index < -0.39 is 114 Å². The van der Waals surface area contributed by atoms with Gasteiger partial charge in [-0.1, -0.05) is 24.3 Å². The van der Waals surface area contributed by atoms with Crippen LogP contribution in [-0.2, 0) is 36.6 Å². The van der Waals surface area contributed by atoms with E-state index >= 15 is 17.6 Å². The van der Waals surface area contributed by atoms with Gasteiger partial charge in [-0.15, -0.1) is 0 Å². The summed E-state index contributed by atoms with van der Waals surface area (Å²) in [7, 11) is 0. The molecule has 0 aromatic heterocycles. The summed E-state index contributed by atoms with van der Waals surface area (Å²) < 4.78 is 226. The summed E-state index contributed by atoms with van der Waals surface area (Å²) >= 11 is 0. The molecular weight excluding hydrogens is 736 g/mol. The second-order valence-corrected chi connectivity index (χ2v) is 12.2. The van der Waals surface area contributed by atoms with Gasteiger partial charge in [0.1, 0.15) is 0 Å². The maximum atomic E-state index is 16.0. The minimum absolute atomic E-state index is 0.136. The van der Waals surface area contributed by atoms with E-state index in [-0.39, 0.29) is 23.3 Å². The zero-order chi connectivity index (χ0) is 38.1. The van der Waals surface area contributed by atoms with Crippen LogP contribution in [0.5, 0.6) is 0 Å². The van der Waals surface area contributed by atoms with Crippen LogP contribution in [0.4, 0.5) is 70.2 Å². The van der Waals surface area contributed by atoms with E-state index in [0.717, 1.165) is 36.4 Å². The topological polar surface area (TPSA) is 0 Å². The fourth-order valence-electron chi connectivity index (χ4n) is 6.54. The standard InChI is InChI=1S/C36H14F16/c37-31(38)27-9-15(17-5-19(33(41,42)43)11-20(6-17)34(44,45)46)1-3-23(27)25-13-30-26(14-29(25)31)24-4-2-16(10-28(24)32(30,39)40)18-7-21(35(47,48)49)12-22(8-18)36(50,51)52/h1-14H. The van der Waals surface area contributed by atoms with Crippen molar-refractivity contribution in [3.05, 3.63) is 129 Å². The Hall–Kier alpha value is -5.02. The molecule has 0 nitrogen and oxygen atoms in total. The normalized spacial score (nSPS) is 16.0. The first-order valence-electron chi connectivity index (χ1n) is 14.6. The number of alkyl halides is 16. The highest BCUT2D eigenvalue weighted by Crippen LogP contribution is 2.59. The molecule has 0 atom stereocenters. The minimum atomic E-state index is -5.23. The third-order valence-electron chi connectivity index (χ3n) is 8.97. The summed E-state index contributed by atoms with van der Waals surface area (Å²) in [5, 5.41) is 0. The summed E-state index contributed by atoms with van der Waals surface area (Å²) in [6.07, 6.45) is -20.9. The molecule has 2 aliphatic carbocycles. The molecule has 0 bridgehead atoms. The second kappa shape index (κ2) is 10.8. The molecule has 0 N–H and O–H groups in total. The third-order valence-corrected chi connectivity index (χ3v) is 8.97. The zero-order valence-corrected chi connectivity index (χ0v) is 25.1. The first-order chi connectivity index (χ1) is 23.8. The van der Waals surface area contributed by atoms with Crippen molar-refractivity contribution >= 4 is 0 Å². The van der Waals surface area contributed by atoms with E-state index in [1.807, 2.05) is 0 Å². The molecule has 2 aliphatic rings. The quantitative estimate of drug-likeness (QED) is 0.158. The Morgan fingerprint density at radius 2 is 0.558 bits per heavy atom. The monoisotopic (exact) mass is 750 g/mol. The molecule has 0 amide bonds. The molecule has 5 aromatic rings. The van der Waals surface area contributed by atoms with Gasteiger partial charge in [0.2, 0.25) is 0 Å². The smallest absolute Gasteiger partial charge is 0.196 e. The van der Waals surface area contributed by atoms with Gasteiger partial charge in [0.15, 0.2) is 0 Å². The van der Waals surface area contributed by atoms with Crippen LogP contribution >= 0.6 is 0 Å². The van der Waals surface area contributed by atoms with Crippen LogP contribution in [0, 0.1) is 0 Å². The molecule has 7 rings (SSSR count). The molecule has 0 heterocycles. The van der Waals surface area contributed by atoms with Crippen molar-refractivity contribution in [2.75, 3.05) is 0 Å². The molecule has 5 aromatic carbocycles. The summed E-state index contributed by atoms with van der Waals surface area (Å²) in [6, 6.07) is 7.69. The van der Waals surface area contributed by atoms with Gasteiger partial charge in [-0.25, -0.2) is 0 Å². The number of fused-ring (bicyclic) bond motifs is 6. The van der Waals surface area contributed by atoms with Crippen molar-refractivity contribution in [3.63, 3.8) is 0 Å². The fraction of sp³-hybridized carbons (Fsp3) is 0.167. The predicted molar refractivity (Wildman–Crippen MR) is 154 cm³/mol. The van der Waals surface area contributed by atoms with Crippen LogP contribution in [-0.4, -0.2) is 0 Å². The van der Waals surface area contributed by atoms with E-state index in [4.69, 9.17) is 0 Å². The van der Waals surface area contributed by atoms with Gasteiger partial charge in [0, 0.05) is 22.3 Å². The summed E-state index contributed by atoms with van der Waals surface area (Å²) in [6.45, 7) is 0. The number of rotatable bonds is 2. The fourth-order valence-corrected chi connectivity index (χ4v) is 6.54. The highest BCUT2D eigenvalue weighted by Gasteiger charge is 2.50. The van der Waals surface area contributed by atoms with Gasteiger partial charge < -0.3 is 0 Å². The van der Waals surface area contributed by atoms with Crippen molar-refractivity contribution in [1.29, 1.82) is 0 Å². The molecule has 270 valence electrons. The Bertz CT molecular complexity index is 2070. The van der Waals surface area contributed by atoms with E-state index in [1.54, 1.807) is 0 Å². The molecule has 0 aliphatic heterocycles. The molecule has 0 saturated heterocycles. The minimum Gasteiger partial charge on any atom is -0.196 e.